The molecule has 128 valence electrons. The molecule has 4 rings (SSSR count). The van der Waals surface area contributed by atoms with Gasteiger partial charge in [-0.3, -0.25) is 4.79 Å². The van der Waals surface area contributed by atoms with Gasteiger partial charge in [-0.2, -0.15) is 0 Å². The van der Waals surface area contributed by atoms with Gasteiger partial charge in [0.05, 0.1) is 31.1 Å². The van der Waals surface area contributed by atoms with E-state index < -0.39 is 0 Å². The molecule has 1 fully saturated rings. The Morgan fingerprint density at radius 2 is 2.12 bits per heavy atom. The van der Waals surface area contributed by atoms with Crippen LogP contribution in [0.1, 0.15) is 40.3 Å². The van der Waals surface area contributed by atoms with E-state index in [0.717, 1.165) is 74.1 Å². The summed E-state index contributed by atoms with van der Waals surface area (Å²) in [5, 5.41) is 9.90. The van der Waals surface area contributed by atoms with Gasteiger partial charge in [-0.15, -0.1) is 11.3 Å². The lowest BCUT2D eigenvalue weighted by atomic mass is 9.96. The molecule has 2 aromatic rings. The first-order chi connectivity index (χ1) is 11.8. The number of hydrogen-bond acceptors (Lipinski definition) is 7. The van der Waals surface area contributed by atoms with Crippen molar-refractivity contribution in [2.75, 3.05) is 31.2 Å². The summed E-state index contributed by atoms with van der Waals surface area (Å²) in [5.41, 5.74) is 2.78. The fourth-order valence-corrected chi connectivity index (χ4v) is 3.98. The normalized spacial score (nSPS) is 17.6. The van der Waals surface area contributed by atoms with Gasteiger partial charge in [-0.25, -0.2) is 4.98 Å². The molecule has 1 N–H and O–H groups in total. The number of thiazole rings is 1. The number of rotatable bonds is 4. The molecular weight excluding hydrogens is 328 g/mol. The molecule has 0 unspecified atom stereocenters. The van der Waals surface area contributed by atoms with Crippen LogP contribution in [-0.2, 0) is 24.1 Å². The lowest BCUT2D eigenvalue weighted by molar-refractivity contribution is 0.0912. The predicted octanol–water partition coefficient (Wildman–Crippen LogP) is 1.78. The summed E-state index contributed by atoms with van der Waals surface area (Å²) in [6.07, 6.45) is 3.98. The molecule has 1 saturated heterocycles. The number of anilines is 1. The van der Waals surface area contributed by atoms with Crippen LogP contribution in [0.5, 0.6) is 0 Å². The van der Waals surface area contributed by atoms with Crippen molar-refractivity contribution >= 4 is 22.4 Å². The molecule has 2 aromatic heterocycles. The third-order valence-corrected chi connectivity index (χ3v) is 5.37. The maximum Gasteiger partial charge on any atom is 0.290 e. The molecular formula is C16H20N4O3S. The van der Waals surface area contributed by atoms with Crippen LogP contribution in [0.25, 0.3) is 0 Å². The van der Waals surface area contributed by atoms with Crippen molar-refractivity contribution < 1.29 is 14.1 Å². The second-order valence-corrected chi connectivity index (χ2v) is 6.88. The number of carbonyl (C=O) groups excluding carboxylic acids is 1. The Balaban J connectivity index is 1.37. The number of morpholine rings is 1. The molecule has 0 bridgehead atoms. The zero-order valence-electron chi connectivity index (χ0n) is 13.4. The number of carbonyl (C=O) groups is 1. The molecule has 3 heterocycles. The Morgan fingerprint density at radius 3 is 3.00 bits per heavy atom. The van der Waals surface area contributed by atoms with Gasteiger partial charge >= 0.3 is 0 Å². The third kappa shape index (κ3) is 3.16. The maximum absolute atomic E-state index is 12.4. The van der Waals surface area contributed by atoms with E-state index in [-0.39, 0.29) is 5.91 Å². The van der Waals surface area contributed by atoms with E-state index >= 15 is 0 Å². The molecule has 7 nitrogen and oxygen atoms in total. The van der Waals surface area contributed by atoms with Gasteiger partial charge in [-0.05, 0) is 25.7 Å². The predicted molar refractivity (Wildman–Crippen MR) is 89.5 cm³/mol. The molecule has 24 heavy (non-hydrogen) atoms. The lowest BCUT2D eigenvalue weighted by Crippen LogP contribution is -2.36. The van der Waals surface area contributed by atoms with Crippen molar-refractivity contribution in [1.82, 2.24) is 15.5 Å². The highest BCUT2D eigenvalue weighted by Gasteiger charge is 2.24. The van der Waals surface area contributed by atoms with Crippen LogP contribution in [0, 0.1) is 0 Å². The number of ether oxygens (including phenoxy) is 1. The van der Waals surface area contributed by atoms with Crippen LogP contribution in [0.15, 0.2) is 9.90 Å². The largest absolute Gasteiger partial charge is 0.378 e. The van der Waals surface area contributed by atoms with Crippen LogP contribution in [0.3, 0.4) is 0 Å². The van der Waals surface area contributed by atoms with Crippen molar-refractivity contribution in [2.45, 2.75) is 32.2 Å². The van der Waals surface area contributed by atoms with Crippen molar-refractivity contribution in [3.8, 4) is 0 Å². The standard InChI is InChI=1S/C16H20N4O3S/c21-15(14-12-3-1-2-4-13(12)19-23-14)17-9-11-10-24-16(18-11)20-5-7-22-8-6-20/h10H,1-9H2,(H,17,21). The Morgan fingerprint density at radius 1 is 1.29 bits per heavy atom. The van der Waals surface area contributed by atoms with E-state index in [1.54, 1.807) is 11.3 Å². The number of nitrogens with one attached hydrogen (secondary N) is 1. The average molecular weight is 348 g/mol. The zero-order valence-corrected chi connectivity index (χ0v) is 14.2. The SMILES string of the molecule is O=C(NCc1csc(N2CCOCC2)n1)c1onc2c1CCCC2. The van der Waals surface area contributed by atoms with Gasteiger partial charge in [0, 0.05) is 24.0 Å². The van der Waals surface area contributed by atoms with Crippen molar-refractivity contribution in [2.24, 2.45) is 0 Å². The van der Waals surface area contributed by atoms with E-state index in [1.807, 2.05) is 5.38 Å². The fourth-order valence-electron chi connectivity index (χ4n) is 3.10. The summed E-state index contributed by atoms with van der Waals surface area (Å²) in [7, 11) is 0. The van der Waals surface area contributed by atoms with Crippen LogP contribution >= 0.6 is 11.3 Å². The highest BCUT2D eigenvalue weighted by Crippen LogP contribution is 2.24. The summed E-state index contributed by atoms with van der Waals surface area (Å²) in [4.78, 5) is 19.2. The van der Waals surface area contributed by atoms with Crippen LogP contribution in [-0.4, -0.2) is 42.4 Å². The minimum atomic E-state index is -0.202. The quantitative estimate of drug-likeness (QED) is 0.907. The van der Waals surface area contributed by atoms with Crippen LogP contribution < -0.4 is 10.2 Å². The summed E-state index contributed by atoms with van der Waals surface area (Å²) in [6, 6.07) is 0. The first-order valence-electron chi connectivity index (χ1n) is 8.34. The van der Waals surface area contributed by atoms with Gasteiger partial charge < -0.3 is 19.5 Å². The molecule has 0 radical (unpaired) electrons. The molecule has 1 aliphatic heterocycles. The number of hydrogen-bond donors (Lipinski definition) is 1. The first-order valence-corrected chi connectivity index (χ1v) is 9.22. The summed E-state index contributed by atoms with van der Waals surface area (Å²) >= 11 is 1.60. The van der Waals surface area contributed by atoms with Gasteiger partial charge in [0.15, 0.2) is 5.13 Å². The smallest absolute Gasteiger partial charge is 0.290 e. The zero-order chi connectivity index (χ0) is 16.4. The Kier molecular flexibility index (Phi) is 4.48. The molecule has 0 atom stereocenters. The van der Waals surface area contributed by atoms with Crippen molar-refractivity contribution in [3.63, 3.8) is 0 Å². The van der Waals surface area contributed by atoms with Gasteiger partial charge in [-0.1, -0.05) is 5.16 Å². The first kappa shape index (κ1) is 15.6. The maximum atomic E-state index is 12.4. The van der Waals surface area contributed by atoms with E-state index in [1.165, 1.54) is 0 Å². The molecule has 0 aromatic carbocycles. The van der Waals surface area contributed by atoms with Crippen molar-refractivity contribution in [3.05, 3.63) is 28.1 Å². The minimum absolute atomic E-state index is 0.202. The second kappa shape index (κ2) is 6.90. The van der Waals surface area contributed by atoms with E-state index in [4.69, 9.17) is 9.26 Å². The molecule has 0 saturated carbocycles. The third-order valence-electron chi connectivity index (χ3n) is 4.42. The number of amides is 1. The van der Waals surface area contributed by atoms with Gasteiger partial charge in [0.25, 0.3) is 5.91 Å². The van der Waals surface area contributed by atoms with E-state index in [2.05, 4.69) is 20.4 Å². The Hall–Kier alpha value is -1.93. The molecule has 1 amide bonds. The summed E-state index contributed by atoms with van der Waals surface area (Å²) in [5.74, 6) is 0.167. The number of nitrogens with zero attached hydrogens (tertiary/aromatic N) is 3. The van der Waals surface area contributed by atoms with Crippen molar-refractivity contribution in [1.29, 1.82) is 0 Å². The molecule has 8 heteroatoms. The Labute approximate surface area is 144 Å². The van der Waals surface area contributed by atoms with E-state index in [0.29, 0.717) is 12.3 Å². The summed E-state index contributed by atoms with van der Waals surface area (Å²) in [6.45, 7) is 3.60. The highest BCUT2D eigenvalue weighted by molar-refractivity contribution is 7.13. The number of aromatic nitrogens is 2. The second-order valence-electron chi connectivity index (χ2n) is 6.05. The van der Waals surface area contributed by atoms with Crippen LogP contribution in [0.2, 0.25) is 0 Å². The Bertz CT molecular complexity index is 721. The van der Waals surface area contributed by atoms with Gasteiger partial charge in [0.1, 0.15) is 0 Å². The number of aryl methyl sites for hydroxylation is 1. The monoisotopic (exact) mass is 348 g/mol. The topological polar surface area (TPSA) is 80.5 Å². The fraction of sp³-hybridized carbons (Fsp3) is 0.562. The number of fused-ring (bicyclic) bond motifs is 1. The highest BCUT2D eigenvalue weighted by atomic mass is 32.1. The molecule has 2 aliphatic rings. The van der Waals surface area contributed by atoms with Crippen LogP contribution in [0.4, 0.5) is 5.13 Å². The molecule has 0 spiro atoms. The summed E-state index contributed by atoms with van der Waals surface area (Å²) < 4.78 is 10.6. The van der Waals surface area contributed by atoms with Gasteiger partial charge in [0.2, 0.25) is 5.76 Å². The lowest BCUT2D eigenvalue weighted by Gasteiger charge is -2.26. The minimum Gasteiger partial charge on any atom is -0.378 e. The van der Waals surface area contributed by atoms with E-state index in [9.17, 15) is 4.79 Å². The average Bonchev–Trinajstić information content (AvgIpc) is 3.27. The molecule has 1 aliphatic carbocycles.